The molecular weight excluding hydrogens is 278 g/mol. The molecule has 112 valence electrons. The Labute approximate surface area is 129 Å². The Morgan fingerprint density at radius 2 is 2.09 bits per heavy atom. The second kappa shape index (κ2) is 5.55. The summed E-state index contributed by atoms with van der Waals surface area (Å²) in [4.78, 5) is 4.53. The molecule has 2 aliphatic rings. The first-order valence-electron chi connectivity index (χ1n) is 7.51. The number of aliphatic hydroxyl groups is 1. The van der Waals surface area contributed by atoms with Gasteiger partial charge in [-0.05, 0) is 24.1 Å². The van der Waals surface area contributed by atoms with Crippen LogP contribution in [-0.4, -0.2) is 29.9 Å². The smallest absolute Gasteiger partial charge is 0.149 e. The van der Waals surface area contributed by atoms with Gasteiger partial charge >= 0.3 is 0 Å². The minimum atomic E-state index is -0.0675. The lowest BCUT2D eigenvalue weighted by atomic mass is 9.88. The first-order valence-corrected chi connectivity index (χ1v) is 7.51. The van der Waals surface area contributed by atoms with E-state index in [-0.39, 0.29) is 12.5 Å². The van der Waals surface area contributed by atoms with Crippen LogP contribution in [0.5, 0.6) is 11.5 Å². The van der Waals surface area contributed by atoms with E-state index >= 15 is 0 Å². The fourth-order valence-electron chi connectivity index (χ4n) is 3.10. The molecule has 0 spiro atoms. The summed E-state index contributed by atoms with van der Waals surface area (Å²) < 4.78 is 11.3. The van der Waals surface area contributed by atoms with Crippen LogP contribution in [-0.2, 0) is 4.74 Å². The standard InChI is InChI=1S/C18H17NO3/c20-11-15-13-3-1-2-4-17(13)22-18-10-19-16(9-14(15)18)12-5-7-21-8-6-12/h1-5,9-10,15,20H,6-8,11H2. The Morgan fingerprint density at radius 3 is 2.91 bits per heavy atom. The van der Waals surface area contributed by atoms with Crippen LogP contribution in [0.4, 0.5) is 0 Å². The summed E-state index contributed by atoms with van der Waals surface area (Å²) in [6.45, 7) is 1.42. The summed E-state index contributed by atoms with van der Waals surface area (Å²) >= 11 is 0. The van der Waals surface area contributed by atoms with Crippen LogP contribution in [0, 0.1) is 0 Å². The molecule has 1 atom stereocenters. The average molecular weight is 295 g/mol. The van der Waals surface area contributed by atoms with Crippen LogP contribution in [0.25, 0.3) is 5.57 Å². The molecule has 4 heteroatoms. The van der Waals surface area contributed by atoms with E-state index in [4.69, 9.17) is 9.47 Å². The Kier molecular flexibility index (Phi) is 3.41. The van der Waals surface area contributed by atoms with Crippen molar-refractivity contribution in [2.24, 2.45) is 0 Å². The molecule has 0 bridgehead atoms. The maximum atomic E-state index is 9.88. The Bertz CT molecular complexity index is 739. The Hall–Kier alpha value is -2.17. The van der Waals surface area contributed by atoms with Gasteiger partial charge in [0.15, 0.2) is 0 Å². The normalized spacial score (nSPS) is 19.7. The zero-order valence-electron chi connectivity index (χ0n) is 12.2. The van der Waals surface area contributed by atoms with Crippen molar-refractivity contribution in [3.8, 4) is 11.5 Å². The van der Waals surface area contributed by atoms with E-state index in [1.54, 1.807) is 6.20 Å². The van der Waals surface area contributed by atoms with Gasteiger partial charge in [0.25, 0.3) is 0 Å². The zero-order chi connectivity index (χ0) is 14.9. The van der Waals surface area contributed by atoms with Gasteiger partial charge in [-0.25, -0.2) is 0 Å². The van der Waals surface area contributed by atoms with E-state index in [0.29, 0.717) is 6.61 Å². The SMILES string of the molecule is OCC1c2ccccc2Oc2cnc(C3=CCOCC3)cc21. The summed E-state index contributed by atoms with van der Waals surface area (Å²) in [6, 6.07) is 9.89. The van der Waals surface area contributed by atoms with Gasteiger partial charge in [-0.3, -0.25) is 4.98 Å². The third-order valence-electron chi connectivity index (χ3n) is 4.26. The molecule has 1 N–H and O–H groups in total. The lowest BCUT2D eigenvalue weighted by Crippen LogP contribution is -2.15. The first-order chi connectivity index (χ1) is 10.9. The number of benzene rings is 1. The van der Waals surface area contributed by atoms with Gasteiger partial charge in [0, 0.05) is 17.0 Å². The van der Waals surface area contributed by atoms with Crippen LogP contribution >= 0.6 is 0 Å². The maximum Gasteiger partial charge on any atom is 0.149 e. The van der Waals surface area contributed by atoms with E-state index in [0.717, 1.165) is 41.3 Å². The highest BCUT2D eigenvalue weighted by molar-refractivity contribution is 5.66. The van der Waals surface area contributed by atoms with Crippen molar-refractivity contribution < 1.29 is 14.6 Å². The van der Waals surface area contributed by atoms with Crippen molar-refractivity contribution in [3.63, 3.8) is 0 Å². The van der Waals surface area contributed by atoms with Crippen LogP contribution in [0.3, 0.4) is 0 Å². The van der Waals surface area contributed by atoms with Crippen LogP contribution in [0.15, 0.2) is 42.6 Å². The number of ether oxygens (including phenoxy) is 2. The van der Waals surface area contributed by atoms with Gasteiger partial charge in [0.1, 0.15) is 11.5 Å². The van der Waals surface area contributed by atoms with Crippen molar-refractivity contribution in [2.45, 2.75) is 12.3 Å². The molecule has 0 saturated carbocycles. The first kappa shape index (κ1) is 13.5. The fraction of sp³-hybridized carbons (Fsp3) is 0.278. The van der Waals surface area contributed by atoms with E-state index in [1.807, 2.05) is 30.3 Å². The molecule has 3 heterocycles. The second-order valence-electron chi connectivity index (χ2n) is 5.54. The third kappa shape index (κ3) is 2.21. The highest BCUT2D eigenvalue weighted by atomic mass is 16.5. The number of aliphatic hydroxyl groups excluding tert-OH is 1. The highest BCUT2D eigenvalue weighted by Gasteiger charge is 2.27. The molecule has 22 heavy (non-hydrogen) atoms. The van der Waals surface area contributed by atoms with Crippen LogP contribution in [0.2, 0.25) is 0 Å². The molecule has 0 aliphatic carbocycles. The van der Waals surface area contributed by atoms with E-state index in [1.165, 1.54) is 5.57 Å². The third-order valence-corrected chi connectivity index (χ3v) is 4.26. The summed E-state index contributed by atoms with van der Waals surface area (Å²) in [7, 11) is 0. The molecule has 0 fully saturated rings. The number of fused-ring (bicyclic) bond motifs is 2. The maximum absolute atomic E-state index is 9.88. The van der Waals surface area contributed by atoms with Gasteiger partial charge in [-0.2, -0.15) is 0 Å². The van der Waals surface area contributed by atoms with Gasteiger partial charge < -0.3 is 14.6 Å². The van der Waals surface area contributed by atoms with Gasteiger partial charge in [0.2, 0.25) is 0 Å². The molecule has 4 rings (SSSR count). The van der Waals surface area contributed by atoms with E-state index in [2.05, 4.69) is 11.1 Å². The molecule has 0 amide bonds. The van der Waals surface area contributed by atoms with Crippen LogP contribution < -0.4 is 4.74 Å². The number of nitrogens with zero attached hydrogens (tertiary/aromatic N) is 1. The van der Waals surface area contributed by atoms with E-state index in [9.17, 15) is 5.11 Å². The zero-order valence-corrected chi connectivity index (χ0v) is 12.2. The predicted molar refractivity (Wildman–Crippen MR) is 83.1 cm³/mol. The number of pyridine rings is 1. The molecule has 2 aliphatic heterocycles. The Balaban J connectivity index is 1.79. The molecule has 0 saturated heterocycles. The van der Waals surface area contributed by atoms with Crippen molar-refractivity contribution in [1.29, 1.82) is 0 Å². The predicted octanol–water partition coefficient (Wildman–Crippen LogP) is 3.12. The number of aromatic nitrogens is 1. The molecule has 1 unspecified atom stereocenters. The summed E-state index contributed by atoms with van der Waals surface area (Å²) in [5.41, 5.74) is 4.17. The number of hydrogen-bond acceptors (Lipinski definition) is 4. The molecular formula is C18H17NO3. The van der Waals surface area contributed by atoms with Gasteiger partial charge in [0.05, 0.1) is 31.7 Å². The minimum Gasteiger partial charge on any atom is -0.455 e. The molecule has 2 aromatic rings. The molecule has 0 radical (unpaired) electrons. The van der Waals surface area contributed by atoms with Gasteiger partial charge in [-0.1, -0.05) is 24.3 Å². The lowest BCUT2D eigenvalue weighted by Gasteiger charge is -2.27. The van der Waals surface area contributed by atoms with Crippen molar-refractivity contribution >= 4 is 5.57 Å². The van der Waals surface area contributed by atoms with Crippen molar-refractivity contribution in [3.05, 3.63) is 59.4 Å². The molecule has 1 aromatic carbocycles. The average Bonchev–Trinajstić information content (AvgIpc) is 2.60. The number of para-hydroxylation sites is 1. The topological polar surface area (TPSA) is 51.6 Å². The van der Waals surface area contributed by atoms with Gasteiger partial charge in [-0.15, -0.1) is 0 Å². The fourth-order valence-corrected chi connectivity index (χ4v) is 3.10. The second-order valence-corrected chi connectivity index (χ2v) is 5.54. The minimum absolute atomic E-state index is 0.0545. The summed E-state index contributed by atoms with van der Waals surface area (Å²) in [6.07, 6.45) is 4.70. The van der Waals surface area contributed by atoms with Crippen molar-refractivity contribution in [2.75, 3.05) is 19.8 Å². The molecule has 1 aromatic heterocycles. The lowest BCUT2D eigenvalue weighted by molar-refractivity contribution is 0.161. The number of rotatable bonds is 2. The monoisotopic (exact) mass is 295 g/mol. The quantitative estimate of drug-likeness (QED) is 0.925. The molecule has 4 nitrogen and oxygen atoms in total. The van der Waals surface area contributed by atoms with Crippen molar-refractivity contribution in [1.82, 2.24) is 4.98 Å². The summed E-state index contributed by atoms with van der Waals surface area (Å²) in [5, 5.41) is 9.88. The highest BCUT2D eigenvalue weighted by Crippen LogP contribution is 2.44. The summed E-state index contributed by atoms with van der Waals surface area (Å²) in [5.74, 6) is 1.46. The largest absolute Gasteiger partial charge is 0.455 e. The van der Waals surface area contributed by atoms with Crippen LogP contribution in [0.1, 0.15) is 29.2 Å². The Morgan fingerprint density at radius 1 is 1.18 bits per heavy atom. The van der Waals surface area contributed by atoms with E-state index < -0.39 is 0 Å². The number of hydrogen-bond donors (Lipinski definition) is 1.